The van der Waals surface area contributed by atoms with Gasteiger partial charge in [-0.25, -0.2) is 0 Å². The molecule has 0 unspecified atom stereocenters. The van der Waals surface area contributed by atoms with E-state index >= 15 is 0 Å². The van der Waals surface area contributed by atoms with E-state index in [-0.39, 0.29) is 0 Å². The van der Waals surface area contributed by atoms with E-state index in [1.165, 1.54) is 87.2 Å². The Labute approximate surface area is 332 Å². The van der Waals surface area contributed by atoms with Gasteiger partial charge in [0.05, 0.1) is 5.69 Å². The van der Waals surface area contributed by atoms with Gasteiger partial charge in [0.15, 0.2) is 0 Å². The van der Waals surface area contributed by atoms with Crippen LogP contribution in [0.5, 0.6) is 0 Å². The van der Waals surface area contributed by atoms with Gasteiger partial charge in [-0.05, 0) is 124 Å². The molecule has 0 bridgehead atoms. The predicted molar refractivity (Wildman–Crippen MR) is 245 cm³/mol. The minimum absolute atomic E-state index is 1.10. The molecular weight excluding hydrogens is 687 g/mol. The maximum Gasteiger partial charge on any atom is 0.0540 e. The summed E-state index contributed by atoms with van der Waals surface area (Å²) in [4.78, 5) is 2.42. The minimum atomic E-state index is 1.10. The van der Waals surface area contributed by atoms with Crippen molar-refractivity contribution in [3.8, 4) is 33.4 Å². The highest BCUT2D eigenvalue weighted by molar-refractivity contribution is 6.21. The topological polar surface area (TPSA) is 3.24 Å². The van der Waals surface area contributed by atoms with Crippen LogP contribution < -0.4 is 4.90 Å². The Balaban J connectivity index is 1.10. The van der Waals surface area contributed by atoms with E-state index in [1.54, 1.807) is 0 Å². The summed E-state index contributed by atoms with van der Waals surface area (Å²) in [6, 6.07) is 82.1. The van der Waals surface area contributed by atoms with Crippen LogP contribution in [0.1, 0.15) is 0 Å². The molecule has 0 spiro atoms. The molecule has 266 valence electrons. The highest BCUT2D eigenvalue weighted by Crippen LogP contribution is 2.44. The summed E-state index contributed by atoms with van der Waals surface area (Å²) in [5.74, 6) is 0. The molecule has 0 amide bonds. The van der Waals surface area contributed by atoms with E-state index in [0.29, 0.717) is 0 Å². The summed E-state index contributed by atoms with van der Waals surface area (Å²) in [6.07, 6.45) is 0. The summed E-state index contributed by atoms with van der Waals surface area (Å²) in [6.45, 7) is 0. The van der Waals surface area contributed by atoms with E-state index in [1.807, 2.05) is 0 Å². The van der Waals surface area contributed by atoms with Crippen LogP contribution in [0.15, 0.2) is 224 Å². The average molecular weight is 724 g/mol. The zero-order valence-electron chi connectivity index (χ0n) is 31.3. The largest absolute Gasteiger partial charge is 0.310 e. The molecule has 1 heteroatoms. The molecule has 11 rings (SSSR count). The molecule has 0 radical (unpaired) electrons. The molecule has 57 heavy (non-hydrogen) atoms. The Hall–Kier alpha value is -7.48. The lowest BCUT2D eigenvalue weighted by Gasteiger charge is -2.28. The Morgan fingerprint density at radius 3 is 1.67 bits per heavy atom. The van der Waals surface area contributed by atoms with Crippen molar-refractivity contribution in [3.63, 3.8) is 0 Å². The molecule has 0 atom stereocenters. The van der Waals surface area contributed by atoms with Gasteiger partial charge in [0, 0.05) is 16.9 Å². The van der Waals surface area contributed by atoms with Crippen molar-refractivity contribution in [1.82, 2.24) is 0 Å². The molecule has 0 N–H and O–H groups in total. The first-order chi connectivity index (χ1) is 28.3. The average Bonchev–Trinajstić information content (AvgIpc) is 3.29. The maximum atomic E-state index is 2.42. The molecular formula is C56H37N. The highest BCUT2D eigenvalue weighted by Gasteiger charge is 2.19. The number of hydrogen-bond donors (Lipinski definition) is 0. The Morgan fingerprint density at radius 1 is 0.246 bits per heavy atom. The quantitative estimate of drug-likeness (QED) is 0.154. The van der Waals surface area contributed by atoms with Gasteiger partial charge in [-0.15, -0.1) is 0 Å². The van der Waals surface area contributed by atoms with Crippen molar-refractivity contribution in [2.75, 3.05) is 4.90 Å². The van der Waals surface area contributed by atoms with Crippen LogP contribution in [0, 0.1) is 0 Å². The van der Waals surface area contributed by atoms with Crippen LogP contribution in [0.25, 0.3) is 87.2 Å². The lowest BCUT2D eigenvalue weighted by Crippen LogP contribution is -2.11. The fourth-order valence-corrected chi connectivity index (χ4v) is 8.87. The van der Waals surface area contributed by atoms with Crippen molar-refractivity contribution in [2.45, 2.75) is 0 Å². The molecule has 0 heterocycles. The zero-order valence-corrected chi connectivity index (χ0v) is 31.3. The zero-order chi connectivity index (χ0) is 37.7. The molecule has 1 nitrogen and oxygen atoms in total. The third kappa shape index (κ3) is 5.72. The standard InChI is InChI=1S/C56H37N/c1-2-13-38(14-3-1)43-17-12-18-47(35-43)57(46-33-31-40(32-34-46)53-36-44-16-5-6-19-48(44)51-22-8-9-23-52(51)53)55-24-11-10-20-49(55)45-30-27-41-26-29-42-28-25-39-15-4-7-21-50(39)56(42)54(41)37-45/h1-37H. The van der Waals surface area contributed by atoms with Gasteiger partial charge in [0.1, 0.15) is 0 Å². The first-order valence-corrected chi connectivity index (χ1v) is 19.7. The summed E-state index contributed by atoms with van der Waals surface area (Å²) >= 11 is 0. The smallest absolute Gasteiger partial charge is 0.0540 e. The summed E-state index contributed by atoms with van der Waals surface area (Å²) in [7, 11) is 0. The van der Waals surface area contributed by atoms with Crippen LogP contribution in [0.4, 0.5) is 17.1 Å². The second kappa shape index (κ2) is 13.7. The van der Waals surface area contributed by atoms with Gasteiger partial charge in [-0.2, -0.15) is 0 Å². The fourth-order valence-electron chi connectivity index (χ4n) is 8.87. The van der Waals surface area contributed by atoms with E-state index in [2.05, 4.69) is 229 Å². The Morgan fingerprint density at radius 2 is 0.842 bits per heavy atom. The molecule has 0 saturated carbocycles. The van der Waals surface area contributed by atoms with E-state index in [9.17, 15) is 0 Å². The van der Waals surface area contributed by atoms with Gasteiger partial charge < -0.3 is 4.90 Å². The number of hydrogen-bond acceptors (Lipinski definition) is 1. The number of nitrogens with zero attached hydrogens (tertiary/aromatic N) is 1. The third-order valence-corrected chi connectivity index (χ3v) is 11.6. The molecule has 11 aromatic rings. The van der Waals surface area contributed by atoms with Crippen LogP contribution in [0.2, 0.25) is 0 Å². The molecule has 11 aromatic carbocycles. The summed E-state index contributed by atoms with van der Waals surface area (Å²) in [5.41, 5.74) is 10.5. The Kier molecular flexibility index (Phi) is 7.89. The van der Waals surface area contributed by atoms with Crippen molar-refractivity contribution < 1.29 is 0 Å². The molecule has 0 aromatic heterocycles. The molecule has 0 fully saturated rings. The predicted octanol–water partition coefficient (Wildman–Crippen LogP) is 15.9. The van der Waals surface area contributed by atoms with Crippen LogP contribution in [-0.4, -0.2) is 0 Å². The van der Waals surface area contributed by atoms with Crippen molar-refractivity contribution in [2.24, 2.45) is 0 Å². The number of fused-ring (bicyclic) bond motifs is 8. The Bertz CT molecular complexity index is 3280. The summed E-state index contributed by atoms with van der Waals surface area (Å²) < 4.78 is 0. The van der Waals surface area contributed by atoms with Crippen LogP contribution in [0.3, 0.4) is 0 Å². The van der Waals surface area contributed by atoms with Crippen LogP contribution in [-0.2, 0) is 0 Å². The maximum absolute atomic E-state index is 2.42. The van der Waals surface area contributed by atoms with Gasteiger partial charge >= 0.3 is 0 Å². The van der Waals surface area contributed by atoms with Crippen LogP contribution >= 0.6 is 0 Å². The fraction of sp³-hybridized carbons (Fsp3) is 0. The SMILES string of the molecule is c1ccc(-c2cccc(N(c3ccc(-c4cc5ccccc5c5ccccc45)cc3)c3ccccc3-c3ccc4ccc5ccc6ccccc6c5c4c3)c2)cc1. The number of rotatable bonds is 6. The third-order valence-electron chi connectivity index (χ3n) is 11.6. The molecule has 0 aliphatic carbocycles. The van der Waals surface area contributed by atoms with Gasteiger partial charge in [-0.3, -0.25) is 0 Å². The second-order valence-electron chi connectivity index (χ2n) is 14.9. The van der Waals surface area contributed by atoms with Gasteiger partial charge in [0.25, 0.3) is 0 Å². The molecule has 0 aliphatic heterocycles. The summed E-state index contributed by atoms with van der Waals surface area (Å²) in [5, 5.41) is 12.7. The lowest BCUT2D eigenvalue weighted by atomic mass is 9.92. The molecule has 0 saturated heterocycles. The van der Waals surface area contributed by atoms with E-state index < -0.39 is 0 Å². The van der Waals surface area contributed by atoms with Gasteiger partial charge in [-0.1, -0.05) is 182 Å². The number of benzene rings is 11. The monoisotopic (exact) mass is 723 g/mol. The van der Waals surface area contributed by atoms with Crippen molar-refractivity contribution >= 4 is 70.9 Å². The number of para-hydroxylation sites is 1. The first-order valence-electron chi connectivity index (χ1n) is 19.7. The van der Waals surface area contributed by atoms with Crippen molar-refractivity contribution in [1.29, 1.82) is 0 Å². The van der Waals surface area contributed by atoms with E-state index in [4.69, 9.17) is 0 Å². The molecule has 0 aliphatic rings. The highest BCUT2D eigenvalue weighted by atomic mass is 15.1. The minimum Gasteiger partial charge on any atom is -0.310 e. The number of anilines is 3. The second-order valence-corrected chi connectivity index (χ2v) is 14.9. The lowest BCUT2D eigenvalue weighted by molar-refractivity contribution is 1.28. The normalized spacial score (nSPS) is 11.5. The first kappa shape index (κ1) is 32.9. The van der Waals surface area contributed by atoms with Gasteiger partial charge in [0.2, 0.25) is 0 Å². The van der Waals surface area contributed by atoms with E-state index in [0.717, 1.165) is 17.1 Å². The van der Waals surface area contributed by atoms with Crippen molar-refractivity contribution in [3.05, 3.63) is 224 Å².